The third kappa shape index (κ3) is 4.94. The standard InChI is InChI=1S/C21H26N4O3/c1-24-10-12-25(13-11-24)21(27)18-7-8-22-19(15-18)16-3-5-17(6-4-16)20(26)23-9-14-28-2/h3-8,15H,9-14H2,1-2H3,(H,23,26). The fourth-order valence-electron chi connectivity index (χ4n) is 3.07. The largest absolute Gasteiger partial charge is 0.383 e. The van der Waals surface area contributed by atoms with Crippen molar-refractivity contribution in [2.24, 2.45) is 0 Å². The molecule has 0 bridgehead atoms. The molecule has 1 aliphatic heterocycles. The Balaban J connectivity index is 1.69. The first-order valence-corrected chi connectivity index (χ1v) is 9.40. The quantitative estimate of drug-likeness (QED) is 0.767. The highest BCUT2D eigenvalue weighted by atomic mass is 16.5. The number of piperazine rings is 1. The molecule has 1 saturated heterocycles. The monoisotopic (exact) mass is 382 g/mol. The zero-order chi connectivity index (χ0) is 19.9. The van der Waals surface area contributed by atoms with Crippen LogP contribution in [0.5, 0.6) is 0 Å². The van der Waals surface area contributed by atoms with E-state index in [2.05, 4.69) is 22.2 Å². The van der Waals surface area contributed by atoms with E-state index < -0.39 is 0 Å². The third-order valence-electron chi connectivity index (χ3n) is 4.83. The number of aromatic nitrogens is 1. The van der Waals surface area contributed by atoms with Gasteiger partial charge in [0.1, 0.15) is 0 Å². The highest BCUT2D eigenvalue weighted by Crippen LogP contribution is 2.20. The maximum absolute atomic E-state index is 12.8. The molecule has 0 atom stereocenters. The molecule has 7 heteroatoms. The summed E-state index contributed by atoms with van der Waals surface area (Å²) >= 11 is 0. The van der Waals surface area contributed by atoms with Gasteiger partial charge in [0.05, 0.1) is 12.3 Å². The second-order valence-corrected chi connectivity index (χ2v) is 6.85. The van der Waals surface area contributed by atoms with Gasteiger partial charge in [-0.3, -0.25) is 14.6 Å². The van der Waals surface area contributed by atoms with Crippen LogP contribution in [0.15, 0.2) is 42.6 Å². The first kappa shape index (κ1) is 20.0. The predicted molar refractivity (Wildman–Crippen MR) is 107 cm³/mol. The molecule has 2 amide bonds. The number of benzene rings is 1. The smallest absolute Gasteiger partial charge is 0.254 e. The second kappa shape index (κ2) is 9.43. The maximum Gasteiger partial charge on any atom is 0.254 e. The maximum atomic E-state index is 12.8. The van der Waals surface area contributed by atoms with Crippen LogP contribution in [-0.2, 0) is 4.74 Å². The van der Waals surface area contributed by atoms with E-state index in [4.69, 9.17) is 4.74 Å². The molecule has 148 valence electrons. The molecular weight excluding hydrogens is 356 g/mol. The molecule has 2 heterocycles. The molecule has 0 radical (unpaired) electrons. The van der Waals surface area contributed by atoms with Crippen LogP contribution in [0, 0.1) is 0 Å². The van der Waals surface area contributed by atoms with Gasteiger partial charge in [0.25, 0.3) is 11.8 Å². The molecule has 1 N–H and O–H groups in total. The van der Waals surface area contributed by atoms with E-state index in [1.54, 1.807) is 31.5 Å². The van der Waals surface area contributed by atoms with Crippen LogP contribution in [0.3, 0.4) is 0 Å². The Kier molecular flexibility index (Phi) is 6.73. The molecular formula is C21H26N4O3. The number of amides is 2. The van der Waals surface area contributed by atoms with Gasteiger partial charge < -0.3 is 19.9 Å². The Bertz CT molecular complexity index is 815. The number of rotatable bonds is 6. The number of ether oxygens (including phenoxy) is 1. The summed E-state index contributed by atoms with van der Waals surface area (Å²) in [6.45, 7) is 4.19. The number of nitrogens with zero attached hydrogens (tertiary/aromatic N) is 3. The molecule has 1 fully saturated rings. The van der Waals surface area contributed by atoms with E-state index in [0.29, 0.717) is 30.0 Å². The van der Waals surface area contributed by atoms with E-state index in [-0.39, 0.29) is 11.8 Å². The lowest BCUT2D eigenvalue weighted by atomic mass is 10.1. The van der Waals surface area contributed by atoms with Crippen LogP contribution in [0.4, 0.5) is 0 Å². The topological polar surface area (TPSA) is 74.8 Å². The second-order valence-electron chi connectivity index (χ2n) is 6.85. The summed E-state index contributed by atoms with van der Waals surface area (Å²) in [6.07, 6.45) is 1.66. The summed E-state index contributed by atoms with van der Waals surface area (Å²) in [4.78, 5) is 33.3. The van der Waals surface area contributed by atoms with Crippen molar-refractivity contribution in [1.82, 2.24) is 20.1 Å². The van der Waals surface area contributed by atoms with Gasteiger partial charge in [-0.1, -0.05) is 12.1 Å². The van der Waals surface area contributed by atoms with Crippen molar-refractivity contribution in [3.8, 4) is 11.3 Å². The lowest BCUT2D eigenvalue weighted by Gasteiger charge is -2.32. The van der Waals surface area contributed by atoms with Crippen LogP contribution in [-0.4, -0.2) is 80.1 Å². The normalized spacial score (nSPS) is 14.7. The highest BCUT2D eigenvalue weighted by molar-refractivity contribution is 5.96. The highest BCUT2D eigenvalue weighted by Gasteiger charge is 2.20. The summed E-state index contributed by atoms with van der Waals surface area (Å²) in [5.74, 6) is -0.110. The van der Waals surface area contributed by atoms with Crippen LogP contribution in [0.1, 0.15) is 20.7 Å². The van der Waals surface area contributed by atoms with Gasteiger partial charge in [0.2, 0.25) is 0 Å². The molecule has 7 nitrogen and oxygen atoms in total. The van der Waals surface area contributed by atoms with Gasteiger partial charge in [0, 0.05) is 62.7 Å². The molecule has 2 aromatic rings. The van der Waals surface area contributed by atoms with Crippen molar-refractivity contribution in [3.05, 3.63) is 53.7 Å². The molecule has 0 spiro atoms. The average molecular weight is 382 g/mol. The molecule has 0 unspecified atom stereocenters. The van der Waals surface area contributed by atoms with Crippen molar-refractivity contribution < 1.29 is 14.3 Å². The SMILES string of the molecule is COCCNC(=O)c1ccc(-c2cc(C(=O)N3CCN(C)CC3)ccn2)cc1. The van der Waals surface area contributed by atoms with E-state index in [1.807, 2.05) is 23.1 Å². The van der Waals surface area contributed by atoms with Gasteiger partial charge in [-0.2, -0.15) is 0 Å². The third-order valence-corrected chi connectivity index (χ3v) is 4.83. The van der Waals surface area contributed by atoms with Crippen molar-refractivity contribution in [2.45, 2.75) is 0 Å². The zero-order valence-corrected chi connectivity index (χ0v) is 16.4. The molecule has 1 aliphatic rings. The minimum absolute atomic E-state index is 0.0332. The van der Waals surface area contributed by atoms with E-state index in [1.165, 1.54) is 0 Å². The van der Waals surface area contributed by atoms with Crippen LogP contribution >= 0.6 is 0 Å². The molecule has 0 aliphatic carbocycles. The Hall–Kier alpha value is -2.77. The van der Waals surface area contributed by atoms with Gasteiger partial charge in [0.15, 0.2) is 0 Å². The van der Waals surface area contributed by atoms with Gasteiger partial charge >= 0.3 is 0 Å². The van der Waals surface area contributed by atoms with Crippen LogP contribution in [0.2, 0.25) is 0 Å². The first-order valence-electron chi connectivity index (χ1n) is 9.40. The van der Waals surface area contributed by atoms with Crippen molar-refractivity contribution in [2.75, 3.05) is 53.5 Å². The van der Waals surface area contributed by atoms with E-state index >= 15 is 0 Å². The number of hydrogen-bond acceptors (Lipinski definition) is 5. The van der Waals surface area contributed by atoms with Crippen LogP contribution in [0.25, 0.3) is 11.3 Å². The number of hydrogen-bond donors (Lipinski definition) is 1. The number of carbonyl (C=O) groups is 2. The molecule has 1 aromatic heterocycles. The molecule has 28 heavy (non-hydrogen) atoms. The summed E-state index contributed by atoms with van der Waals surface area (Å²) in [5, 5.41) is 2.79. The summed E-state index contributed by atoms with van der Waals surface area (Å²) in [5.41, 5.74) is 2.79. The van der Waals surface area contributed by atoms with Crippen molar-refractivity contribution >= 4 is 11.8 Å². The Morgan fingerprint density at radius 2 is 1.79 bits per heavy atom. The van der Waals surface area contributed by atoms with E-state index in [9.17, 15) is 9.59 Å². The van der Waals surface area contributed by atoms with Gasteiger partial charge in [-0.15, -0.1) is 0 Å². The lowest BCUT2D eigenvalue weighted by Crippen LogP contribution is -2.47. The number of methoxy groups -OCH3 is 1. The Labute approximate surface area is 165 Å². The number of likely N-dealkylation sites (N-methyl/N-ethyl adjacent to an activating group) is 1. The fourth-order valence-corrected chi connectivity index (χ4v) is 3.07. The van der Waals surface area contributed by atoms with Gasteiger partial charge in [-0.25, -0.2) is 0 Å². The van der Waals surface area contributed by atoms with E-state index in [0.717, 1.165) is 31.7 Å². The summed E-state index contributed by atoms with van der Waals surface area (Å²) in [6, 6.07) is 10.8. The van der Waals surface area contributed by atoms with Crippen LogP contribution < -0.4 is 5.32 Å². The molecule has 0 saturated carbocycles. The first-order chi connectivity index (χ1) is 13.6. The molecule has 3 rings (SSSR count). The lowest BCUT2D eigenvalue weighted by molar-refractivity contribution is 0.0664. The van der Waals surface area contributed by atoms with Crippen molar-refractivity contribution in [3.63, 3.8) is 0 Å². The van der Waals surface area contributed by atoms with Gasteiger partial charge in [-0.05, 0) is 31.3 Å². The summed E-state index contributed by atoms with van der Waals surface area (Å²) in [7, 11) is 3.66. The Morgan fingerprint density at radius 3 is 2.46 bits per heavy atom. The minimum atomic E-state index is -0.143. The zero-order valence-electron chi connectivity index (χ0n) is 16.4. The van der Waals surface area contributed by atoms with Crippen molar-refractivity contribution in [1.29, 1.82) is 0 Å². The summed E-state index contributed by atoms with van der Waals surface area (Å²) < 4.78 is 4.93. The number of pyridine rings is 1. The Morgan fingerprint density at radius 1 is 1.07 bits per heavy atom. The average Bonchev–Trinajstić information content (AvgIpc) is 2.74. The predicted octanol–water partition coefficient (Wildman–Crippen LogP) is 1.51. The molecule has 1 aromatic carbocycles. The fraction of sp³-hybridized carbons (Fsp3) is 0.381. The number of nitrogens with one attached hydrogen (secondary N) is 1. The minimum Gasteiger partial charge on any atom is -0.383 e. The number of carbonyl (C=O) groups excluding carboxylic acids is 2.